The molecule has 8 heteroatoms. The molecule has 0 aliphatic carbocycles. The Morgan fingerprint density at radius 1 is 1.23 bits per heavy atom. The molecule has 144 valence electrons. The van der Waals surface area contributed by atoms with Gasteiger partial charge in [0.25, 0.3) is 11.8 Å². The van der Waals surface area contributed by atoms with Gasteiger partial charge in [0.05, 0.1) is 10.6 Å². The molecular weight excluding hydrogens is 376 g/mol. The molecule has 2 N–H and O–H groups in total. The lowest BCUT2D eigenvalue weighted by molar-refractivity contribution is -0.150. The molecule has 1 aromatic rings. The summed E-state index contributed by atoms with van der Waals surface area (Å²) in [6, 6.07) is 5.74. The van der Waals surface area contributed by atoms with Gasteiger partial charge in [0, 0.05) is 6.54 Å². The number of nitrogens with one attached hydrogen (secondary N) is 2. The number of amides is 2. The quantitative estimate of drug-likeness (QED) is 0.589. The van der Waals surface area contributed by atoms with Crippen LogP contribution in [0.4, 0.5) is 0 Å². The van der Waals surface area contributed by atoms with Crippen LogP contribution in [0, 0.1) is 5.92 Å². The number of ether oxygens (including phenoxy) is 1. The monoisotopic (exact) mass is 400 g/mol. The number of hydrogen-bond acceptors (Lipinski definition) is 5. The van der Waals surface area contributed by atoms with Crippen LogP contribution in [0.25, 0.3) is 0 Å². The van der Waals surface area contributed by atoms with E-state index in [9.17, 15) is 14.4 Å². The first-order valence-electron chi connectivity index (χ1n) is 8.32. The average Bonchev–Trinajstić information content (AvgIpc) is 2.61. The van der Waals surface area contributed by atoms with Crippen LogP contribution in [-0.2, 0) is 14.3 Å². The SMILES string of the molecule is CSCC[C@H](NC(=O)c1ccccc1Cl)C(=O)OCC(=O)NCC(C)C. The fourth-order valence-corrected chi connectivity index (χ4v) is 2.67. The van der Waals surface area contributed by atoms with Crippen molar-refractivity contribution in [2.75, 3.05) is 25.2 Å². The average molecular weight is 401 g/mol. The van der Waals surface area contributed by atoms with Crippen LogP contribution in [0.2, 0.25) is 5.02 Å². The summed E-state index contributed by atoms with van der Waals surface area (Å²) in [5.41, 5.74) is 0.283. The Balaban J connectivity index is 2.64. The van der Waals surface area contributed by atoms with E-state index in [1.54, 1.807) is 36.0 Å². The molecule has 0 saturated heterocycles. The lowest BCUT2D eigenvalue weighted by atomic mass is 10.1. The Hall–Kier alpha value is -1.73. The van der Waals surface area contributed by atoms with Gasteiger partial charge in [0.1, 0.15) is 6.04 Å². The molecule has 0 radical (unpaired) electrons. The number of carbonyl (C=O) groups is 3. The second-order valence-corrected chi connectivity index (χ2v) is 7.49. The van der Waals surface area contributed by atoms with Gasteiger partial charge in [-0.3, -0.25) is 9.59 Å². The molecular formula is C18H25ClN2O4S. The van der Waals surface area contributed by atoms with Gasteiger partial charge in [-0.1, -0.05) is 37.6 Å². The molecule has 0 aliphatic rings. The number of thioether (sulfide) groups is 1. The van der Waals surface area contributed by atoms with Crippen LogP contribution < -0.4 is 10.6 Å². The molecule has 0 spiro atoms. The van der Waals surface area contributed by atoms with E-state index in [0.717, 1.165) is 0 Å². The van der Waals surface area contributed by atoms with E-state index in [4.69, 9.17) is 16.3 Å². The van der Waals surface area contributed by atoms with Crippen molar-refractivity contribution in [3.05, 3.63) is 34.9 Å². The normalized spacial score (nSPS) is 11.7. The fourth-order valence-electron chi connectivity index (χ4n) is 1.97. The Kier molecular flexibility index (Phi) is 10.1. The van der Waals surface area contributed by atoms with Crippen LogP contribution >= 0.6 is 23.4 Å². The third kappa shape index (κ3) is 8.10. The number of halogens is 1. The van der Waals surface area contributed by atoms with Crippen molar-refractivity contribution in [2.24, 2.45) is 5.92 Å². The maximum absolute atomic E-state index is 12.4. The van der Waals surface area contributed by atoms with Crippen molar-refractivity contribution in [2.45, 2.75) is 26.3 Å². The molecule has 26 heavy (non-hydrogen) atoms. The summed E-state index contributed by atoms with van der Waals surface area (Å²) in [7, 11) is 0. The molecule has 0 aromatic heterocycles. The Morgan fingerprint density at radius 2 is 1.92 bits per heavy atom. The predicted octanol–water partition coefficient (Wildman–Crippen LogP) is 2.51. The van der Waals surface area contributed by atoms with Crippen LogP contribution in [-0.4, -0.2) is 49.0 Å². The summed E-state index contributed by atoms with van der Waals surface area (Å²) >= 11 is 7.56. The molecule has 6 nitrogen and oxygen atoms in total. The van der Waals surface area contributed by atoms with Gasteiger partial charge >= 0.3 is 5.97 Å². The lowest BCUT2D eigenvalue weighted by Crippen LogP contribution is -2.43. The van der Waals surface area contributed by atoms with Crippen LogP contribution in [0.3, 0.4) is 0 Å². The van der Waals surface area contributed by atoms with E-state index in [0.29, 0.717) is 29.7 Å². The molecule has 0 unspecified atom stereocenters. The minimum Gasteiger partial charge on any atom is -0.454 e. The second-order valence-electron chi connectivity index (χ2n) is 6.09. The summed E-state index contributed by atoms with van der Waals surface area (Å²) in [6.07, 6.45) is 2.29. The molecule has 1 rings (SSSR count). The Bertz CT molecular complexity index is 625. The van der Waals surface area contributed by atoms with Gasteiger partial charge in [-0.05, 0) is 36.5 Å². The summed E-state index contributed by atoms with van der Waals surface area (Å²) < 4.78 is 5.05. The number of esters is 1. The number of carbonyl (C=O) groups excluding carboxylic acids is 3. The Morgan fingerprint density at radius 3 is 2.54 bits per heavy atom. The highest BCUT2D eigenvalue weighted by Gasteiger charge is 2.24. The molecule has 0 heterocycles. The topological polar surface area (TPSA) is 84.5 Å². The zero-order valence-electron chi connectivity index (χ0n) is 15.2. The number of benzene rings is 1. The number of hydrogen-bond donors (Lipinski definition) is 2. The van der Waals surface area contributed by atoms with Gasteiger partial charge in [-0.25, -0.2) is 4.79 Å². The zero-order valence-corrected chi connectivity index (χ0v) is 16.8. The smallest absolute Gasteiger partial charge is 0.329 e. The van der Waals surface area contributed by atoms with Crippen molar-refractivity contribution in [1.29, 1.82) is 0 Å². The van der Waals surface area contributed by atoms with Crippen molar-refractivity contribution in [3.63, 3.8) is 0 Å². The molecule has 0 saturated carbocycles. The van der Waals surface area contributed by atoms with Gasteiger partial charge in [0.15, 0.2) is 6.61 Å². The predicted molar refractivity (Wildman–Crippen MR) is 105 cm³/mol. The molecule has 0 aliphatic heterocycles. The van der Waals surface area contributed by atoms with Crippen molar-refractivity contribution >= 4 is 41.1 Å². The molecule has 0 bridgehead atoms. The van der Waals surface area contributed by atoms with Crippen LogP contribution in [0.1, 0.15) is 30.6 Å². The summed E-state index contributed by atoms with van der Waals surface area (Å²) in [5.74, 6) is -0.503. The largest absolute Gasteiger partial charge is 0.454 e. The third-order valence-corrected chi connectivity index (χ3v) is 4.35. The minimum absolute atomic E-state index is 0.283. The van der Waals surface area contributed by atoms with E-state index in [-0.39, 0.29) is 18.1 Å². The second kappa shape index (κ2) is 11.8. The summed E-state index contributed by atoms with van der Waals surface area (Å²) in [4.78, 5) is 36.3. The number of rotatable bonds is 10. The Labute approximate surface area is 163 Å². The highest BCUT2D eigenvalue weighted by molar-refractivity contribution is 7.98. The molecule has 0 fully saturated rings. The standard InChI is InChI=1S/C18H25ClN2O4S/c1-12(2)10-20-16(22)11-25-18(24)15(8-9-26-3)21-17(23)13-6-4-5-7-14(13)19/h4-7,12,15H,8-11H2,1-3H3,(H,20,22)(H,21,23)/t15-/m0/s1. The van der Waals surface area contributed by atoms with Gasteiger partial charge in [0.2, 0.25) is 0 Å². The summed E-state index contributed by atoms with van der Waals surface area (Å²) in [5, 5.41) is 5.61. The molecule has 2 amide bonds. The summed E-state index contributed by atoms with van der Waals surface area (Å²) in [6.45, 7) is 4.07. The van der Waals surface area contributed by atoms with Crippen LogP contribution in [0.15, 0.2) is 24.3 Å². The first-order valence-corrected chi connectivity index (χ1v) is 10.1. The van der Waals surface area contributed by atoms with Crippen molar-refractivity contribution in [3.8, 4) is 0 Å². The van der Waals surface area contributed by atoms with Crippen molar-refractivity contribution < 1.29 is 19.1 Å². The highest BCUT2D eigenvalue weighted by Crippen LogP contribution is 2.15. The van der Waals surface area contributed by atoms with E-state index >= 15 is 0 Å². The zero-order chi connectivity index (χ0) is 19.5. The maximum atomic E-state index is 12.4. The van der Waals surface area contributed by atoms with Gasteiger partial charge < -0.3 is 15.4 Å². The first-order chi connectivity index (χ1) is 12.3. The minimum atomic E-state index is -0.843. The maximum Gasteiger partial charge on any atom is 0.329 e. The lowest BCUT2D eigenvalue weighted by Gasteiger charge is -2.18. The molecule has 1 aromatic carbocycles. The third-order valence-electron chi connectivity index (χ3n) is 3.37. The fraction of sp³-hybridized carbons (Fsp3) is 0.500. The van der Waals surface area contributed by atoms with E-state index in [2.05, 4.69) is 10.6 Å². The van der Waals surface area contributed by atoms with E-state index in [1.165, 1.54) is 0 Å². The van der Waals surface area contributed by atoms with Crippen molar-refractivity contribution in [1.82, 2.24) is 10.6 Å². The highest BCUT2D eigenvalue weighted by atomic mass is 35.5. The van der Waals surface area contributed by atoms with Crippen LogP contribution in [0.5, 0.6) is 0 Å². The first kappa shape index (κ1) is 22.3. The van der Waals surface area contributed by atoms with Gasteiger partial charge in [-0.2, -0.15) is 11.8 Å². The molecule has 1 atom stereocenters. The van der Waals surface area contributed by atoms with Gasteiger partial charge in [-0.15, -0.1) is 0 Å². The van der Waals surface area contributed by atoms with E-state index in [1.807, 2.05) is 20.1 Å². The van der Waals surface area contributed by atoms with E-state index < -0.39 is 17.9 Å².